The molecule has 1 aliphatic heterocycles. The maximum Gasteiger partial charge on any atom is 0.347 e. The zero-order chi connectivity index (χ0) is 22.4. The molecule has 1 aliphatic rings. The zero-order valence-corrected chi connectivity index (χ0v) is 18.3. The highest BCUT2D eigenvalue weighted by Crippen LogP contribution is 2.27. The van der Waals surface area contributed by atoms with Crippen molar-refractivity contribution in [3.63, 3.8) is 0 Å². The number of para-hydroxylation sites is 1. The van der Waals surface area contributed by atoms with E-state index < -0.39 is 11.6 Å². The van der Waals surface area contributed by atoms with Crippen molar-refractivity contribution in [2.45, 2.75) is 38.8 Å². The van der Waals surface area contributed by atoms with Gasteiger partial charge in [0.1, 0.15) is 5.75 Å². The maximum atomic E-state index is 12.6. The summed E-state index contributed by atoms with van der Waals surface area (Å²) in [6, 6.07) is 14.9. The van der Waals surface area contributed by atoms with Crippen LogP contribution in [0.4, 0.5) is 5.69 Å². The highest BCUT2D eigenvalue weighted by atomic mass is 16.5. The lowest BCUT2D eigenvalue weighted by atomic mass is 10.0. The van der Waals surface area contributed by atoms with E-state index in [9.17, 15) is 9.59 Å². The number of hydrogen-bond acceptors (Lipinski definition) is 5. The number of nitrogens with one attached hydrogen (secondary N) is 1. The fourth-order valence-electron chi connectivity index (χ4n) is 3.52. The number of carbonyl (C=O) groups is 2. The molecule has 0 radical (unpaired) electrons. The molecule has 0 aliphatic carbocycles. The fourth-order valence-corrected chi connectivity index (χ4v) is 3.52. The molecule has 1 fully saturated rings. The number of ether oxygens (including phenoxy) is 2. The summed E-state index contributed by atoms with van der Waals surface area (Å²) in [5.74, 6) is -0.671. The Morgan fingerprint density at radius 3 is 2.42 bits per heavy atom. The minimum Gasteiger partial charge on any atom is -0.478 e. The summed E-state index contributed by atoms with van der Waals surface area (Å²) in [6.07, 6.45) is 0.229. The van der Waals surface area contributed by atoms with Gasteiger partial charge in [-0.25, -0.2) is 4.79 Å². The molecule has 0 bridgehead atoms. The van der Waals surface area contributed by atoms with E-state index in [4.69, 9.17) is 14.6 Å². The molecule has 7 nitrogen and oxygen atoms in total. The number of rotatable bonds is 8. The molecule has 2 aromatic carbocycles. The van der Waals surface area contributed by atoms with Crippen molar-refractivity contribution in [3.05, 3.63) is 59.7 Å². The Labute approximate surface area is 183 Å². The van der Waals surface area contributed by atoms with Crippen molar-refractivity contribution >= 4 is 17.6 Å². The Kier molecular flexibility index (Phi) is 7.17. The van der Waals surface area contributed by atoms with Gasteiger partial charge in [0.25, 0.3) is 0 Å². The van der Waals surface area contributed by atoms with Crippen molar-refractivity contribution in [1.82, 2.24) is 5.32 Å². The number of carbonyl (C=O) groups excluding carboxylic acids is 1. The fraction of sp³-hybridized carbons (Fsp3) is 0.417. The lowest BCUT2D eigenvalue weighted by Gasteiger charge is -2.32. The third-order valence-corrected chi connectivity index (χ3v) is 5.31. The molecule has 1 heterocycles. The Morgan fingerprint density at radius 2 is 1.77 bits per heavy atom. The highest BCUT2D eigenvalue weighted by Gasteiger charge is 2.29. The van der Waals surface area contributed by atoms with Crippen molar-refractivity contribution in [1.29, 1.82) is 0 Å². The van der Waals surface area contributed by atoms with Crippen LogP contribution in [0.15, 0.2) is 48.5 Å². The van der Waals surface area contributed by atoms with Crippen LogP contribution in [-0.4, -0.2) is 48.9 Å². The van der Waals surface area contributed by atoms with Crippen molar-refractivity contribution < 1.29 is 24.2 Å². The van der Waals surface area contributed by atoms with Gasteiger partial charge in [-0.2, -0.15) is 0 Å². The van der Waals surface area contributed by atoms with Gasteiger partial charge < -0.3 is 24.8 Å². The molecule has 0 saturated carbocycles. The first-order valence-corrected chi connectivity index (χ1v) is 10.5. The van der Waals surface area contributed by atoms with E-state index in [1.165, 1.54) is 13.8 Å². The summed E-state index contributed by atoms with van der Waals surface area (Å²) in [6.45, 7) is 8.06. The average molecular weight is 427 g/mol. The number of morpholine rings is 1. The summed E-state index contributed by atoms with van der Waals surface area (Å²) < 4.78 is 11.0. The number of hydrogen-bond donors (Lipinski definition) is 2. The van der Waals surface area contributed by atoms with Crippen LogP contribution >= 0.6 is 0 Å². The quantitative estimate of drug-likeness (QED) is 0.674. The molecule has 0 spiro atoms. The molecule has 31 heavy (non-hydrogen) atoms. The summed E-state index contributed by atoms with van der Waals surface area (Å²) in [5, 5.41) is 12.3. The minimum atomic E-state index is -1.32. The molecule has 0 aromatic heterocycles. The molecular formula is C24H30N2O5. The van der Waals surface area contributed by atoms with Gasteiger partial charge in [-0.1, -0.05) is 30.3 Å². The normalized spacial score (nSPS) is 15.3. The molecule has 3 rings (SSSR count). The third-order valence-electron chi connectivity index (χ3n) is 5.31. The van der Waals surface area contributed by atoms with Crippen molar-refractivity contribution in [2.75, 3.05) is 31.2 Å². The number of anilines is 1. The summed E-state index contributed by atoms with van der Waals surface area (Å²) in [7, 11) is 0. The second-order valence-electron chi connectivity index (χ2n) is 8.19. The van der Waals surface area contributed by atoms with Crippen LogP contribution in [0.3, 0.4) is 0 Å². The average Bonchev–Trinajstić information content (AvgIpc) is 2.75. The van der Waals surface area contributed by atoms with Gasteiger partial charge in [0.2, 0.25) is 5.91 Å². The zero-order valence-electron chi connectivity index (χ0n) is 18.3. The number of carboxylic acid groups (broad SMARTS) is 1. The van der Waals surface area contributed by atoms with Crippen LogP contribution in [0.5, 0.6) is 5.75 Å². The van der Waals surface area contributed by atoms with Gasteiger partial charge in [0, 0.05) is 18.8 Å². The van der Waals surface area contributed by atoms with E-state index in [-0.39, 0.29) is 18.4 Å². The van der Waals surface area contributed by atoms with Crippen LogP contribution in [-0.2, 0) is 20.7 Å². The molecule has 166 valence electrons. The van der Waals surface area contributed by atoms with Crippen LogP contribution in [0.2, 0.25) is 0 Å². The molecule has 1 unspecified atom stereocenters. The van der Waals surface area contributed by atoms with E-state index in [1.807, 2.05) is 25.1 Å². The van der Waals surface area contributed by atoms with Crippen molar-refractivity contribution in [2.24, 2.45) is 0 Å². The maximum absolute atomic E-state index is 12.6. The molecule has 7 heteroatoms. The topological polar surface area (TPSA) is 88.1 Å². The molecular weight excluding hydrogens is 396 g/mol. The Morgan fingerprint density at radius 1 is 1.13 bits per heavy atom. The Balaban J connectivity index is 1.60. The van der Waals surface area contributed by atoms with Crippen LogP contribution in [0, 0.1) is 0 Å². The second kappa shape index (κ2) is 9.83. The van der Waals surface area contributed by atoms with E-state index in [2.05, 4.69) is 16.3 Å². The van der Waals surface area contributed by atoms with Gasteiger partial charge in [0.05, 0.1) is 25.7 Å². The van der Waals surface area contributed by atoms with E-state index in [1.54, 1.807) is 24.3 Å². The number of nitrogens with zero attached hydrogens (tertiary/aromatic N) is 1. The summed E-state index contributed by atoms with van der Waals surface area (Å²) >= 11 is 0. The summed E-state index contributed by atoms with van der Waals surface area (Å²) in [5.41, 5.74) is 1.72. The van der Waals surface area contributed by atoms with Gasteiger partial charge in [0.15, 0.2) is 5.60 Å². The third kappa shape index (κ3) is 5.98. The van der Waals surface area contributed by atoms with Crippen LogP contribution < -0.4 is 15.0 Å². The number of carboxylic acids is 1. The molecule has 1 atom stereocenters. The van der Waals surface area contributed by atoms with Gasteiger partial charge in [-0.3, -0.25) is 4.79 Å². The molecule has 1 saturated heterocycles. The molecule has 1 amide bonds. The van der Waals surface area contributed by atoms with Gasteiger partial charge >= 0.3 is 5.97 Å². The molecule has 2 N–H and O–H groups in total. The standard InChI is InChI=1S/C24H30N2O5/c1-17(20-6-4-5-7-21(20)26-12-14-30-15-13-26)25-22(27)16-18-8-10-19(11-9-18)31-24(2,3)23(28)29/h4-11,17H,12-16H2,1-3H3,(H,25,27)(H,28,29). The first kappa shape index (κ1) is 22.6. The highest BCUT2D eigenvalue weighted by molar-refractivity contribution is 5.79. The van der Waals surface area contributed by atoms with Crippen molar-refractivity contribution in [3.8, 4) is 5.75 Å². The Bertz CT molecular complexity index is 904. The van der Waals surface area contributed by atoms with E-state index in [0.29, 0.717) is 19.0 Å². The first-order chi connectivity index (χ1) is 14.8. The summed E-state index contributed by atoms with van der Waals surface area (Å²) in [4.78, 5) is 26.1. The number of benzene rings is 2. The van der Waals surface area contributed by atoms with Gasteiger partial charge in [-0.15, -0.1) is 0 Å². The second-order valence-corrected chi connectivity index (χ2v) is 8.19. The largest absolute Gasteiger partial charge is 0.478 e. The molecule has 2 aromatic rings. The predicted molar refractivity (Wildman–Crippen MR) is 119 cm³/mol. The lowest BCUT2D eigenvalue weighted by Crippen LogP contribution is -2.38. The number of amides is 1. The lowest BCUT2D eigenvalue weighted by molar-refractivity contribution is -0.152. The van der Waals surface area contributed by atoms with E-state index >= 15 is 0 Å². The van der Waals surface area contributed by atoms with Crippen LogP contribution in [0.25, 0.3) is 0 Å². The minimum absolute atomic E-state index is 0.0798. The van der Waals surface area contributed by atoms with Crippen LogP contribution in [0.1, 0.15) is 37.9 Å². The monoisotopic (exact) mass is 426 g/mol. The number of aliphatic carboxylic acids is 1. The smallest absolute Gasteiger partial charge is 0.347 e. The van der Waals surface area contributed by atoms with Gasteiger partial charge in [-0.05, 0) is 50.1 Å². The Hall–Kier alpha value is -3.06. The van der Waals surface area contributed by atoms with E-state index in [0.717, 1.165) is 29.9 Å². The predicted octanol–water partition coefficient (Wildman–Crippen LogP) is 3.19. The SMILES string of the molecule is CC(NC(=O)Cc1ccc(OC(C)(C)C(=O)O)cc1)c1ccccc1N1CCOCC1. The first-order valence-electron chi connectivity index (χ1n) is 10.5.